The van der Waals surface area contributed by atoms with Gasteiger partial charge < -0.3 is 10.6 Å². The lowest BCUT2D eigenvalue weighted by Crippen LogP contribution is -2.46. The van der Waals surface area contributed by atoms with Gasteiger partial charge in [-0.2, -0.15) is 0 Å². The summed E-state index contributed by atoms with van der Waals surface area (Å²) in [6.07, 6.45) is 0.930. The predicted molar refractivity (Wildman–Crippen MR) is 63.9 cm³/mol. The van der Waals surface area contributed by atoms with E-state index in [-0.39, 0.29) is 11.9 Å². The van der Waals surface area contributed by atoms with Crippen molar-refractivity contribution in [3.8, 4) is 0 Å². The Hall–Kier alpha value is -1.35. The molecule has 1 aromatic carbocycles. The second kappa shape index (κ2) is 4.26. The van der Waals surface area contributed by atoms with Gasteiger partial charge in [0.1, 0.15) is 0 Å². The minimum Gasteiger partial charge on any atom is -0.334 e. The Labute approximate surface area is 96.2 Å². The molecule has 1 aliphatic heterocycles. The van der Waals surface area contributed by atoms with Gasteiger partial charge in [-0.25, -0.2) is 0 Å². The summed E-state index contributed by atoms with van der Waals surface area (Å²) in [5.74, 6) is 0.0435. The van der Waals surface area contributed by atoms with Gasteiger partial charge in [-0.3, -0.25) is 4.79 Å². The van der Waals surface area contributed by atoms with Crippen LogP contribution in [0.5, 0.6) is 0 Å². The monoisotopic (exact) mass is 218 g/mol. The smallest absolute Gasteiger partial charge is 0.239 e. The van der Waals surface area contributed by atoms with Gasteiger partial charge in [0.05, 0.1) is 12.1 Å². The molecular formula is C13H18N2O. The largest absolute Gasteiger partial charge is 0.334 e. The molecule has 2 N–H and O–H groups in total. The molecule has 1 heterocycles. The minimum atomic E-state index is -0.410. The topological polar surface area (TPSA) is 46.3 Å². The maximum absolute atomic E-state index is 11.9. The third-order valence-corrected chi connectivity index (χ3v) is 3.27. The van der Waals surface area contributed by atoms with Crippen LogP contribution in [0.25, 0.3) is 0 Å². The van der Waals surface area contributed by atoms with Crippen molar-refractivity contribution in [1.82, 2.24) is 4.90 Å². The van der Waals surface area contributed by atoms with E-state index >= 15 is 0 Å². The second-order valence-electron chi connectivity index (χ2n) is 4.45. The number of carbonyl (C=O) groups excluding carboxylic acids is 1. The summed E-state index contributed by atoms with van der Waals surface area (Å²) in [4.78, 5) is 13.8. The van der Waals surface area contributed by atoms with Crippen LogP contribution in [-0.2, 0) is 11.2 Å². The van der Waals surface area contributed by atoms with Gasteiger partial charge in [0.25, 0.3) is 0 Å². The molecule has 2 atom stereocenters. The standard InChI is InChI=1S/C13H18N2O/c1-9(14)13(16)15-8-7-11-5-3-4-6-12(11)10(15)2/h3-6,9-10H,7-8,14H2,1-2H3/t9-,10?/m0/s1. The van der Waals surface area contributed by atoms with Crippen molar-refractivity contribution < 1.29 is 4.79 Å². The Morgan fingerprint density at radius 2 is 2.19 bits per heavy atom. The zero-order valence-electron chi connectivity index (χ0n) is 9.81. The Morgan fingerprint density at radius 1 is 1.50 bits per heavy atom. The summed E-state index contributed by atoms with van der Waals surface area (Å²) >= 11 is 0. The lowest BCUT2D eigenvalue weighted by molar-refractivity contribution is -0.134. The van der Waals surface area contributed by atoms with Crippen LogP contribution in [0.2, 0.25) is 0 Å². The van der Waals surface area contributed by atoms with Crippen LogP contribution in [0.15, 0.2) is 24.3 Å². The fourth-order valence-electron chi connectivity index (χ4n) is 2.33. The van der Waals surface area contributed by atoms with Gasteiger partial charge in [0.2, 0.25) is 5.91 Å². The van der Waals surface area contributed by atoms with Crippen molar-refractivity contribution in [3.05, 3.63) is 35.4 Å². The van der Waals surface area contributed by atoms with Gasteiger partial charge in [-0.1, -0.05) is 24.3 Å². The van der Waals surface area contributed by atoms with E-state index in [1.54, 1.807) is 6.92 Å². The van der Waals surface area contributed by atoms with E-state index in [0.29, 0.717) is 0 Å². The highest BCUT2D eigenvalue weighted by Crippen LogP contribution is 2.29. The lowest BCUT2D eigenvalue weighted by atomic mass is 9.93. The Balaban J connectivity index is 2.28. The van der Waals surface area contributed by atoms with E-state index in [2.05, 4.69) is 25.1 Å². The normalized spacial score (nSPS) is 21.4. The SMILES string of the molecule is CC1c2ccccc2CCN1C(=O)[C@H](C)N. The summed E-state index contributed by atoms with van der Waals surface area (Å²) in [5, 5.41) is 0. The molecule has 0 saturated carbocycles. The van der Waals surface area contributed by atoms with E-state index in [4.69, 9.17) is 5.73 Å². The van der Waals surface area contributed by atoms with Crippen LogP contribution >= 0.6 is 0 Å². The fraction of sp³-hybridized carbons (Fsp3) is 0.462. The van der Waals surface area contributed by atoms with Gasteiger partial charge in [-0.15, -0.1) is 0 Å². The minimum absolute atomic E-state index is 0.0435. The number of carbonyl (C=O) groups is 1. The summed E-state index contributed by atoms with van der Waals surface area (Å²) in [6, 6.07) is 8.04. The third-order valence-electron chi connectivity index (χ3n) is 3.27. The molecule has 2 rings (SSSR count). The zero-order valence-corrected chi connectivity index (χ0v) is 9.81. The van der Waals surface area contributed by atoms with Crippen LogP contribution in [-0.4, -0.2) is 23.4 Å². The highest BCUT2D eigenvalue weighted by Gasteiger charge is 2.28. The van der Waals surface area contributed by atoms with Gasteiger partial charge >= 0.3 is 0 Å². The first-order valence-corrected chi connectivity index (χ1v) is 5.75. The quantitative estimate of drug-likeness (QED) is 0.776. The number of fused-ring (bicyclic) bond motifs is 1. The molecule has 3 heteroatoms. The molecule has 0 fully saturated rings. The van der Waals surface area contributed by atoms with Crippen LogP contribution in [0.1, 0.15) is 31.0 Å². The number of amides is 1. The lowest BCUT2D eigenvalue weighted by Gasteiger charge is -2.36. The summed E-state index contributed by atoms with van der Waals surface area (Å²) in [7, 11) is 0. The van der Waals surface area contributed by atoms with Gasteiger partial charge in [0.15, 0.2) is 0 Å². The van der Waals surface area contributed by atoms with Crippen molar-refractivity contribution in [2.45, 2.75) is 32.4 Å². The van der Waals surface area contributed by atoms with Crippen LogP contribution < -0.4 is 5.73 Å². The van der Waals surface area contributed by atoms with E-state index < -0.39 is 6.04 Å². The van der Waals surface area contributed by atoms with E-state index in [1.807, 2.05) is 11.0 Å². The molecule has 16 heavy (non-hydrogen) atoms. The number of hydrogen-bond donors (Lipinski definition) is 1. The Kier molecular flexibility index (Phi) is 2.97. The zero-order chi connectivity index (χ0) is 11.7. The first-order valence-electron chi connectivity index (χ1n) is 5.75. The van der Waals surface area contributed by atoms with Crippen molar-refractivity contribution >= 4 is 5.91 Å². The molecular weight excluding hydrogens is 200 g/mol. The van der Waals surface area contributed by atoms with Gasteiger partial charge in [0, 0.05) is 6.54 Å². The first-order chi connectivity index (χ1) is 7.61. The predicted octanol–water partition coefficient (Wildman–Crippen LogP) is 1.48. The Morgan fingerprint density at radius 3 is 2.88 bits per heavy atom. The number of benzene rings is 1. The second-order valence-corrected chi connectivity index (χ2v) is 4.45. The number of nitrogens with two attached hydrogens (primary N) is 1. The molecule has 1 amide bonds. The maximum Gasteiger partial charge on any atom is 0.239 e. The molecule has 0 aliphatic carbocycles. The van der Waals surface area contributed by atoms with Crippen molar-refractivity contribution in [2.24, 2.45) is 5.73 Å². The highest BCUT2D eigenvalue weighted by molar-refractivity contribution is 5.82. The van der Waals surface area contributed by atoms with Crippen LogP contribution in [0.3, 0.4) is 0 Å². The number of nitrogens with zero attached hydrogens (tertiary/aromatic N) is 1. The molecule has 0 aromatic heterocycles. The molecule has 3 nitrogen and oxygen atoms in total. The molecule has 0 saturated heterocycles. The van der Waals surface area contributed by atoms with Gasteiger partial charge in [-0.05, 0) is 31.4 Å². The molecule has 0 bridgehead atoms. The maximum atomic E-state index is 11.9. The van der Waals surface area contributed by atoms with Crippen LogP contribution in [0.4, 0.5) is 0 Å². The summed E-state index contributed by atoms with van der Waals surface area (Å²) < 4.78 is 0. The third kappa shape index (κ3) is 1.83. The van der Waals surface area contributed by atoms with Crippen molar-refractivity contribution in [2.75, 3.05) is 6.54 Å². The van der Waals surface area contributed by atoms with E-state index in [9.17, 15) is 4.79 Å². The van der Waals surface area contributed by atoms with Crippen LogP contribution in [0, 0.1) is 0 Å². The van der Waals surface area contributed by atoms with Crippen molar-refractivity contribution in [1.29, 1.82) is 0 Å². The molecule has 86 valence electrons. The fourth-order valence-corrected chi connectivity index (χ4v) is 2.33. The average molecular weight is 218 g/mol. The first kappa shape index (κ1) is 11.1. The average Bonchev–Trinajstić information content (AvgIpc) is 2.29. The summed E-state index contributed by atoms with van der Waals surface area (Å²) in [6.45, 7) is 4.59. The number of rotatable bonds is 1. The highest BCUT2D eigenvalue weighted by atomic mass is 16.2. The van der Waals surface area contributed by atoms with E-state index in [0.717, 1.165) is 13.0 Å². The molecule has 0 spiro atoms. The van der Waals surface area contributed by atoms with Crippen molar-refractivity contribution in [3.63, 3.8) is 0 Å². The molecule has 1 aliphatic rings. The molecule has 1 unspecified atom stereocenters. The summed E-state index contributed by atoms with van der Waals surface area (Å²) in [5.41, 5.74) is 8.26. The molecule has 0 radical (unpaired) electrons. The van der Waals surface area contributed by atoms with E-state index in [1.165, 1.54) is 11.1 Å². The molecule has 1 aromatic rings. The Bertz CT molecular complexity index is 401. The number of hydrogen-bond acceptors (Lipinski definition) is 2.